The molecule has 0 heterocycles. The third-order valence-corrected chi connectivity index (χ3v) is 3.41. The molecule has 1 atom stereocenters. The number of nitriles is 1. The molecule has 26 heavy (non-hydrogen) atoms. The van der Waals surface area contributed by atoms with E-state index in [-0.39, 0.29) is 12.5 Å². The van der Waals surface area contributed by atoms with Gasteiger partial charge in [-0.2, -0.15) is 5.26 Å². The van der Waals surface area contributed by atoms with Crippen LogP contribution in [0.25, 0.3) is 0 Å². The van der Waals surface area contributed by atoms with E-state index in [4.69, 9.17) is 14.7 Å². The molecule has 8 heteroatoms. The van der Waals surface area contributed by atoms with Gasteiger partial charge in [0.1, 0.15) is 5.75 Å². The molecule has 0 saturated heterocycles. The van der Waals surface area contributed by atoms with Gasteiger partial charge in [0.2, 0.25) is 5.91 Å². The van der Waals surface area contributed by atoms with Crippen LogP contribution in [0.2, 0.25) is 0 Å². The second-order valence-corrected chi connectivity index (χ2v) is 5.37. The Bertz CT molecular complexity index is 666. The predicted octanol–water partition coefficient (Wildman–Crippen LogP) is 0.853. The summed E-state index contributed by atoms with van der Waals surface area (Å²) in [5.74, 6) is -1.02. The van der Waals surface area contributed by atoms with Crippen LogP contribution in [-0.2, 0) is 19.1 Å². The van der Waals surface area contributed by atoms with Gasteiger partial charge >= 0.3 is 5.97 Å². The van der Waals surface area contributed by atoms with Gasteiger partial charge in [0, 0.05) is 13.1 Å². The van der Waals surface area contributed by atoms with Crippen molar-refractivity contribution in [3.63, 3.8) is 0 Å². The summed E-state index contributed by atoms with van der Waals surface area (Å²) < 4.78 is 10.4. The van der Waals surface area contributed by atoms with E-state index in [0.29, 0.717) is 24.4 Å². The molecule has 0 aromatic heterocycles. The molecule has 2 amide bonds. The Morgan fingerprint density at radius 3 is 2.42 bits per heavy atom. The average Bonchev–Trinajstić information content (AvgIpc) is 2.64. The van der Waals surface area contributed by atoms with Crippen LogP contribution in [0.15, 0.2) is 24.3 Å². The third-order valence-electron chi connectivity index (χ3n) is 3.41. The molecule has 0 unspecified atom stereocenters. The van der Waals surface area contributed by atoms with E-state index in [2.05, 4.69) is 5.32 Å². The molecule has 0 aliphatic heterocycles. The third kappa shape index (κ3) is 6.81. The maximum atomic E-state index is 12.1. The summed E-state index contributed by atoms with van der Waals surface area (Å²) in [6, 6.07) is 8.25. The zero-order valence-electron chi connectivity index (χ0n) is 15.2. The van der Waals surface area contributed by atoms with Crippen LogP contribution in [0, 0.1) is 11.3 Å². The Hall–Kier alpha value is -3.08. The van der Waals surface area contributed by atoms with Gasteiger partial charge in [-0.25, -0.2) is 4.79 Å². The van der Waals surface area contributed by atoms with Crippen LogP contribution in [0.4, 0.5) is 0 Å². The molecule has 0 spiro atoms. The van der Waals surface area contributed by atoms with Gasteiger partial charge in [0.25, 0.3) is 5.91 Å². The Morgan fingerprint density at radius 1 is 1.23 bits per heavy atom. The summed E-state index contributed by atoms with van der Waals surface area (Å²) in [6.07, 6.45) is -0.922. The average molecular weight is 361 g/mol. The summed E-state index contributed by atoms with van der Waals surface area (Å²) in [7, 11) is 0. The number of hydrogen-bond donors (Lipinski definition) is 1. The van der Waals surface area contributed by atoms with E-state index >= 15 is 0 Å². The number of esters is 1. The lowest BCUT2D eigenvalue weighted by atomic mass is 10.2. The molecular weight excluding hydrogens is 338 g/mol. The fourth-order valence-corrected chi connectivity index (χ4v) is 2.00. The Balaban J connectivity index is 2.48. The zero-order chi connectivity index (χ0) is 19.5. The van der Waals surface area contributed by atoms with Gasteiger partial charge in [-0.1, -0.05) is 0 Å². The van der Waals surface area contributed by atoms with E-state index in [1.165, 1.54) is 11.8 Å². The fourth-order valence-electron chi connectivity index (χ4n) is 2.00. The van der Waals surface area contributed by atoms with Crippen molar-refractivity contribution >= 4 is 17.8 Å². The minimum absolute atomic E-state index is 0.0853. The highest BCUT2D eigenvalue weighted by Crippen LogP contribution is 2.13. The largest absolute Gasteiger partial charge is 0.479 e. The number of carbonyl (C=O) groups excluding carboxylic acids is 3. The van der Waals surface area contributed by atoms with Gasteiger partial charge in [0.05, 0.1) is 18.2 Å². The number of hydrogen-bond acceptors (Lipinski definition) is 6. The fraction of sp³-hybridized carbons (Fsp3) is 0.444. The molecule has 1 N–H and O–H groups in total. The van der Waals surface area contributed by atoms with Crippen molar-refractivity contribution < 1.29 is 23.9 Å². The maximum Gasteiger partial charge on any atom is 0.347 e. The molecule has 0 fully saturated rings. The number of likely N-dealkylation sites (N-methyl/N-ethyl adjacent to an activating group) is 2. The number of amides is 2. The number of rotatable bonds is 9. The number of ether oxygens (including phenoxy) is 2. The first kappa shape index (κ1) is 21.0. The highest BCUT2D eigenvalue weighted by atomic mass is 16.6. The molecule has 0 aliphatic carbocycles. The van der Waals surface area contributed by atoms with Gasteiger partial charge in [-0.05, 0) is 45.0 Å². The lowest BCUT2D eigenvalue weighted by Crippen LogP contribution is -2.42. The first-order valence-electron chi connectivity index (χ1n) is 8.29. The maximum absolute atomic E-state index is 12.1. The SMILES string of the molecule is CCNC(=O)CN(CC)C(=O)COC(=O)[C@H](C)Oc1ccc(C#N)cc1. The van der Waals surface area contributed by atoms with Crippen molar-refractivity contribution in [2.45, 2.75) is 26.9 Å². The van der Waals surface area contributed by atoms with Crippen molar-refractivity contribution in [1.29, 1.82) is 5.26 Å². The summed E-state index contributed by atoms with van der Waals surface area (Å²) in [4.78, 5) is 36.9. The van der Waals surface area contributed by atoms with Crippen molar-refractivity contribution in [3.05, 3.63) is 29.8 Å². The van der Waals surface area contributed by atoms with Crippen LogP contribution < -0.4 is 10.1 Å². The summed E-state index contributed by atoms with van der Waals surface area (Å²) in [6.45, 7) is 5.26. The monoisotopic (exact) mass is 361 g/mol. The van der Waals surface area contributed by atoms with E-state index in [0.717, 1.165) is 0 Å². The van der Waals surface area contributed by atoms with Crippen molar-refractivity contribution in [2.75, 3.05) is 26.2 Å². The second-order valence-electron chi connectivity index (χ2n) is 5.37. The van der Waals surface area contributed by atoms with E-state index in [9.17, 15) is 14.4 Å². The summed E-state index contributed by atoms with van der Waals surface area (Å²) in [5.41, 5.74) is 0.477. The molecule has 1 rings (SSSR count). The van der Waals surface area contributed by atoms with Crippen LogP contribution in [0.1, 0.15) is 26.3 Å². The predicted molar refractivity (Wildman–Crippen MR) is 93.1 cm³/mol. The molecule has 0 aliphatic rings. The molecule has 140 valence electrons. The van der Waals surface area contributed by atoms with E-state index in [1.807, 2.05) is 6.07 Å². The van der Waals surface area contributed by atoms with Crippen LogP contribution in [0.3, 0.4) is 0 Å². The van der Waals surface area contributed by atoms with Gasteiger partial charge < -0.3 is 19.7 Å². The minimum atomic E-state index is -0.922. The van der Waals surface area contributed by atoms with Crippen LogP contribution >= 0.6 is 0 Å². The number of nitrogens with zero attached hydrogens (tertiary/aromatic N) is 2. The number of nitrogens with one attached hydrogen (secondary N) is 1. The van der Waals surface area contributed by atoms with E-state index in [1.54, 1.807) is 38.1 Å². The number of benzene rings is 1. The first-order chi connectivity index (χ1) is 12.4. The van der Waals surface area contributed by atoms with Crippen LogP contribution in [-0.4, -0.2) is 55.0 Å². The molecule has 0 radical (unpaired) electrons. The van der Waals surface area contributed by atoms with Gasteiger partial charge in [-0.15, -0.1) is 0 Å². The Kier molecular flexibility index (Phi) is 8.64. The quantitative estimate of drug-likeness (QED) is 0.653. The Morgan fingerprint density at radius 2 is 1.88 bits per heavy atom. The smallest absolute Gasteiger partial charge is 0.347 e. The Labute approximate surface area is 152 Å². The number of carbonyl (C=O) groups is 3. The van der Waals surface area contributed by atoms with Crippen molar-refractivity contribution in [1.82, 2.24) is 10.2 Å². The lowest BCUT2D eigenvalue weighted by molar-refractivity contribution is -0.157. The first-order valence-corrected chi connectivity index (χ1v) is 8.29. The molecular formula is C18H23N3O5. The molecule has 0 saturated carbocycles. The minimum Gasteiger partial charge on any atom is -0.479 e. The highest BCUT2D eigenvalue weighted by molar-refractivity contribution is 5.86. The van der Waals surface area contributed by atoms with Gasteiger partial charge in [-0.3, -0.25) is 9.59 Å². The van der Waals surface area contributed by atoms with E-state index < -0.39 is 24.6 Å². The van der Waals surface area contributed by atoms with Crippen molar-refractivity contribution in [3.8, 4) is 11.8 Å². The lowest BCUT2D eigenvalue weighted by Gasteiger charge is -2.20. The topological polar surface area (TPSA) is 109 Å². The zero-order valence-corrected chi connectivity index (χ0v) is 15.2. The standard InChI is InChI=1S/C18H23N3O5/c1-4-20-16(22)11-21(5-2)17(23)12-25-18(24)13(3)26-15-8-6-14(10-19)7-9-15/h6-9,13H,4-5,11-12H2,1-3H3,(H,20,22)/t13-/m0/s1. The molecule has 8 nitrogen and oxygen atoms in total. The highest BCUT2D eigenvalue weighted by Gasteiger charge is 2.21. The normalized spacial score (nSPS) is 11.0. The molecule has 0 bridgehead atoms. The van der Waals surface area contributed by atoms with Crippen molar-refractivity contribution in [2.24, 2.45) is 0 Å². The van der Waals surface area contributed by atoms with Crippen LogP contribution in [0.5, 0.6) is 5.75 Å². The summed E-state index contributed by atoms with van der Waals surface area (Å²) in [5, 5.41) is 11.3. The second kappa shape index (κ2) is 10.7. The molecule has 1 aromatic rings. The van der Waals surface area contributed by atoms with Gasteiger partial charge in [0.15, 0.2) is 12.7 Å². The summed E-state index contributed by atoms with van der Waals surface area (Å²) >= 11 is 0. The molecule has 1 aromatic carbocycles.